The smallest absolute Gasteiger partial charge is 0.268 e. The van der Waals surface area contributed by atoms with Crippen molar-refractivity contribution in [3.8, 4) is 16.8 Å². The van der Waals surface area contributed by atoms with E-state index in [0.717, 1.165) is 16.0 Å². The lowest BCUT2D eigenvalue weighted by Gasteiger charge is -1.96. The van der Waals surface area contributed by atoms with Gasteiger partial charge in [0.25, 0.3) is 5.89 Å². The van der Waals surface area contributed by atoms with Gasteiger partial charge < -0.3 is 4.52 Å². The third kappa shape index (κ3) is 3.62. The average molecular weight is 319 g/mol. The summed E-state index contributed by atoms with van der Waals surface area (Å²) < 4.78 is 5.22. The van der Waals surface area contributed by atoms with Gasteiger partial charge in [0.15, 0.2) is 0 Å². The molecule has 0 radical (unpaired) electrons. The Morgan fingerprint density at radius 3 is 2.74 bits per heavy atom. The minimum atomic E-state index is 0.233. The molecule has 112 valence electrons. The van der Waals surface area contributed by atoms with Crippen LogP contribution in [-0.2, 0) is 0 Å². The summed E-state index contributed by atoms with van der Waals surface area (Å²) in [5.74, 6) is 0.734. The fourth-order valence-corrected chi connectivity index (χ4v) is 2.71. The van der Waals surface area contributed by atoms with Crippen LogP contribution in [0.3, 0.4) is 0 Å². The molecule has 1 aromatic carbocycles. The van der Waals surface area contributed by atoms with Crippen molar-refractivity contribution in [3.63, 3.8) is 0 Å². The van der Waals surface area contributed by atoms with Gasteiger partial charge in [0.2, 0.25) is 5.82 Å². The number of hydrogen-bond acceptors (Lipinski definition) is 5. The minimum Gasteiger partial charge on any atom is -0.333 e. The minimum absolute atomic E-state index is 0.233. The van der Waals surface area contributed by atoms with Gasteiger partial charge in [0.1, 0.15) is 11.6 Å². The molecule has 2 heterocycles. The number of nitrogens with zero attached hydrogens (tertiary/aromatic N) is 3. The largest absolute Gasteiger partial charge is 0.333 e. The Morgan fingerprint density at radius 1 is 1.22 bits per heavy atom. The molecule has 0 aliphatic heterocycles. The van der Waals surface area contributed by atoms with Crippen molar-refractivity contribution < 1.29 is 4.52 Å². The summed E-state index contributed by atoms with van der Waals surface area (Å²) in [6.07, 6.45) is 3.74. The zero-order valence-electron chi connectivity index (χ0n) is 12.4. The summed E-state index contributed by atoms with van der Waals surface area (Å²) in [6.45, 7) is 1.93. The number of benzene rings is 1. The first-order valence-electron chi connectivity index (χ1n) is 6.99. The van der Waals surface area contributed by atoms with Gasteiger partial charge in [0, 0.05) is 0 Å². The van der Waals surface area contributed by atoms with E-state index in [-0.39, 0.29) is 5.89 Å². The standard InChI is InChI=1S/C18H13N3OS/c1-13(10-14-6-3-2-4-7-14)11-15(12-19)18-20-17(21-22-18)16-8-5-9-23-16/h2-11H,1H3/b13-10+,15-11+. The molecule has 0 bridgehead atoms. The molecule has 5 heteroatoms. The molecule has 0 spiro atoms. The van der Waals surface area contributed by atoms with Crippen molar-refractivity contribution in [1.29, 1.82) is 5.26 Å². The second kappa shape index (κ2) is 6.86. The quantitative estimate of drug-likeness (QED) is 0.511. The number of nitriles is 1. The summed E-state index contributed by atoms with van der Waals surface area (Å²) in [4.78, 5) is 5.21. The van der Waals surface area contributed by atoms with E-state index in [1.165, 1.54) is 11.3 Å². The molecule has 0 unspecified atom stereocenters. The molecule has 0 saturated carbocycles. The summed E-state index contributed by atoms with van der Waals surface area (Å²) >= 11 is 1.53. The number of allylic oxidation sites excluding steroid dienone is 3. The summed E-state index contributed by atoms with van der Waals surface area (Å²) in [5, 5.41) is 15.2. The molecule has 4 nitrogen and oxygen atoms in total. The van der Waals surface area contributed by atoms with Gasteiger partial charge in [-0.3, -0.25) is 0 Å². The highest BCUT2D eigenvalue weighted by atomic mass is 32.1. The van der Waals surface area contributed by atoms with E-state index in [0.29, 0.717) is 11.4 Å². The van der Waals surface area contributed by atoms with Crippen molar-refractivity contribution in [2.24, 2.45) is 0 Å². The van der Waals surface area contributed by atoms with Crippen molar-refractivity contribution in [2.45, 2.75) is 6.92 Å². The molecular weight excluding hydrogens is 306 g/mol. The Bertz CT molecular complexity index is 884. The van der Waals surface area contributed by atoms with Crippen molar-refractivity contribution >= 4 is 23.0 Å². The third-order valence-electron chi connectivity index (χ3n) is 3.08. The van der Waals surface area contributed by atoms with Gasteiger partial charge >= 0.3 is 0 Å². The van der Waals surface area contributed by atoms with Crippen LogP contribution in [0.5, 0.6) is 0 Å². The van der Waals surface area contributed by atoms with Gasteiger partial charge in [0.05, 0.1) is 4.88 Å². The maximum atomic E-state index is 9.36. The first kappa shape index (κ1) is 14.9. The lowest BCUT2D eigenvalue weighted by atomic mass is 10.1. The Balaban J connectivity index is 1.88. The second-order valence-corrected chi connectivity index (χ2v) is 5.82. The number of hydrogen-bond donors (Lipinski definition) is 0. The molecule has 0 atom stereocenters. The normalized spacial score (nSPS) is 12.2. The van der Waals surface area contributed by atoms with Crippen LogP contribution in [0.4, 0.5) is 0 Å². The molecule has 0 N–H and O–H groups in total. The van der Waals surface area contributed by atoms with E-state index in [1.807, 2.05) is 60.8 Å². The highest BCUT2D eigenvalue weighted by molar-refractivity contribution is 7.13. The first-order chi connectivity index (χ1) is 11.3. The number of aromatic nitrogens is 2. The zero-order chi connectivity index (χ0) is 16.1. The highest BCUT2D eigenvalue weighted by Gasteiger charge is 2.13. The Morgan fingerprint density at radius 2 is 2.04 bits per heavy atom. The summed E-state index contributed by atoms with van der Waals surface area (Å²) in [5.41, 5.74) is 2.36. The maximum absolute atomic E-state index is 9.36. The van der Waals surface area contributed by atoms with Crippen molar-refractivity contribution in [3.05, 3.63) is 70.9 Å². The van der Waals surface area contributed by atoms with Gasteiger partial charge in [-0.1, -0.05) is 47.6 Å². The molecule has 3 aromatic rings. The third-order valence-corrected chi connectivity index (χ3v) is 3.95. The fraction of sp³-hybridized carbons (Fsp3) is 0.0556. The number of thiophene rings is 1. The molecule has 3 rings (SSSR count). The molecule has 23 heavy (non-hydrogen) atoms. The van der Waals surface area contributed by atoms with E-state index in [2.05, 4.69) is 16.2 Å². The lowest BCUT2D eigenvalue weighted by Crippen LogP contribution is -1.83. The molecule has 0 fully saturated rings. The predicted molar refractivity (Wildman–Crippen MR) is 91.3 cm³/mol. The first-order valence-corrected chi connectivity index (χ1v) is 7.87. The molecule has 0 amide bonds. The molecule has 0 aliphatic rings. The van der Waals surface area contributed by atoms with Crippen LogP contribution in [0.15, 0.2) is 64.0 Å². The SMILES string of the molecule is CC(=C\c1ccccc1)/C=C(\C#N)c1nc(-c2cccs2)no1. The maximum Gasteiger partial charge on any atom is 0.268 e. The van der Waals surface area contributed by atoms with Crippen LogP contribution in [0, 0.1) is 11.3 Å². The van der Waals surface area contributed by atoms with Crippen LogP contribution < -0.4 is 0 Å². The molecule has 2 aromatic heterocycles. The summed E-state index contributed by atoms with van der Waals surface area (Å²) in [6, 6.07) is 15.9. The van der Waals surface area contributed by atoms with Gasteiger partial charge in [-0.2, -0.15) is 10.2 Å². The highest BCUT2D eigenvalue weighted by Crippen LogP contribution is 2.24. The molecular formula is C18H13N3OS. The Labute approximate surface area is 138 Å². The van der Waals surface area contributed by atoms with E-state index >= 15 is 0 Å². The van der Waals surface area contributed by atoms with Crippen LogP contribution >= 0.6 is 11.3 Å². The van der Waals surface area contributed by atoms with Crippen molar-refractivity contribution in [1.82, 2.24) is 10.1 Å². The zero-order valence-corrected chi connectivity index (χ0v) is 13.2. The Kier molecular flexibility index (Phi) is 4.46. The van der Waals surface area contributed by atoms with Crippen molar-refractivity contribution in [2.75, 3.05) is 0 Å². The van der Waals surface area contributed by atoms with Crippen LogP contribution in [0.25, 0.3) is 22.4 Å². The van der Waals surface area contributed by atoms with E-state index in [4.69, 9.17) is 4.52 Å². The van der Waals surface area contributed by atoms with Crippen LogP contribution in [0.2, 0.25) is 0 Å². The van der Waals surface area contributed by atoms with E-state index in [9.17, 15) is 5.26 Å². The lowest BCUT2D eigenvalue weighted by molar-refractivity contribution is 0.409. The number of rotatable bonds is 4. The second-order valence-electron chi connectivity index (χ2n) is 4.87. The van der Waals surface area contributed by atoms with Gasteiger partial charge in [-0.05, 0) is 35.6 Å². The van der Waals surface area contributed by atoms with E-state index < -0.39 is 0 Å². The monoisotopic (exact) mass is 319 g/mol. The molecule has 0 saturated heterocycles. The van der Waals surface area contributed by atoms with Gasteiger partial charge in [-0.25, -0.2) is 0 Å². The topological polar surface area (TPSA) is 62.7 Å². The Hall–Kier alpha value is -2.97. The molecule has 0 aliphatic carbocycles. The van der Waals surface area contributed by atoms with Crippen LogP contribution in [0.1, 0.15) is 18.4 Å². The van der Waals surface area contributed by atoms with E-state index in [1.54, 1.807) is 6.08 Å². The predicted octanol–water partition coefficient (Wildman–Crippen LogP) is 4.81. The van der Waals surface area contributed by atoms with Gasteiger partial charge in [-0.15, -0.1) is 11.3 Å². The summed E-state index contributed by atoms with van der Waals surface area (Å²) in [7, 11) is 0. The fourth-order valence-electron chi connectivity index (χ4n) is 2.06. The van der Waals surface area contributed by atoms with Crippen LogP contribution in [-0.4, -0.2) is 10.1 Å². The average Bonchev–Trinajstić information content (AvgIpc) is 3.24.